The van der Waals surface area contributed by atoms with Crippen molar-refractivity contribution in [3.63, 3.8) is 0 Å². The van der Waals surface area contributed by atoms with Gasteiger partial charge in [-0.25, -0.2) is 9.59 Å². The molecule has 3 heterocycles. The number of hydroxylamine groups is 2. The first kappa shape index (κ1) is 28.2. The van der Waals surface area contributed by atoms with Crippen LogP contribution in [0.4, 0.5) is 0 Å². The Morgan fingerprint density at radius 2 is 1.33 bits per heavy atom. The van der Waals surface area contributed by atoms with Crippen molar-refractivity contribution in [3.8, 4) is 23.0 Å². The fourth-order valence-corrected chi connectivity index (χ4v) is 5.67. The molecule has 0 saturated carbocycles. The number of hydrogen-bond donors (Lipinski definition) is 0. The largest absolute Gasteiger partial charge is 0.456 e. The summed E-state index contributed by atoms with van der Waals surface area (Å²) in [6.07, 6.45) is -0.261. The highest BCUT2D eigenvalue weighted by atomic mass is 35.5. The Balaban J connectivity index is 1.57. The fourth-order valence-electron chi connectivity index (χ4n) is 5.17. The Hall–Kier alpha value is -4.94. The molecule has 3 aromatic carbocycles. The third-order valence-corrected chi connectivity index (χ3v) is 7.71. The van der Waals surface area contributed by atoms with Crippen molar-refractivity contribution < 1.29 is 52.6 Å². The van der Waals surface area contributed by atoms with Crippen LogP contribution in [0.2, 0.25) is 10.0 Å². The van der Waals surface area contributed by atoms with Crippen molar-refractivity contribution >= 4 is 58.9 Å². The lowest BCUT2D eigenvalue weighted by Gasteiger charge is -2.36. The third kappa shape index (κ3) is 4.46. The lowest BCUT2D eigenvalue weighted by Crippen LogP contribution is -2.34. The molecule has 1 spiro atoms. The summed E-state index contributed by atoms with van der Waals surface area (Å²) < 4.78 is 22.5. The van der Waals surface area contributed by atoms with Gasteiger partial charge in [0.25, 0.3) is 11.8 Å². The normalized spacial score (nSPS) is 15.7. The summed E-state index contributed by atoms with van der Waals surface area (Å²) in [4.78, 5) is 79.1. The van der Waals surface area contributed by atoms with Crippen molar-refractivity contribution in [3.05, 3.63) is 80.3 Å². The summed E-state index contributed by atoms with van der Waals surface area (Å²) in [5.41, 5.74) is -1.76. The molecule has 1 saturated heterocycles. The number of carbonyl (C=O) groups is 6. The second-order valence-electron chi connectivity index (χ2n) is 9.61. The van der Waals surface area contributed by atoms with Crippen LogP contribution >= 0.6 is 23.2 Å². The molecular weight excluding hydrogens is 609 g/mol. The zero-order valence-electron chi connectivity index (χ0n) is 22.1. The van der Waals surface area contributed by atoms with Gasteiger partial charge in [0.15, 0.2) is 5.60 Å². The maximum atomic E-state index is 13.4. The maximum Gasteiger partial charge on any atom is 0.365 e. The van der Waals surface area contributed by atoms with Gasteiger partial charge in [0.05, 0.1) is 21.2 Å². The van der Waals surface area contributed by atoms with E-state index >= 15 is 0 Å². The second-order valence-corrected chi connectivity index (χ2v) is 10.4. The van der Waals surface area contributed by atoms with E-state index in [1.807, 2.05) is 0 Å². The lowest BCUT2D eigenvalue weighted by atomic mass is 9.77. The minimum absolute atomic E-state index is 0.0594. The highest BCUT2D eigenvalue weighted by molar-refractivity contribution is 6.45. The molecule has 6 rings (SSSR count). The molecule has 43 heavy (non-hydrogen) atoms. The molecule has 1 fully saturated rings. The third-order valence-electron chi connectivity index (χ3n) is 6.84. The van der Waals surface area contributed by atoms with E-state index in [1.54, 1.807) is 0 Å². The van der Waals surface area contributed by atoms with Gasteiger partial charge in [-0.1, -0.05) is 23.2 Å². The molecule has 2 amide bonds. The first-order valence-corrected chi connectivity index (χ1v) is 13.3. The van der Waals surface area contributed by atoms with Gasteiger partial charge in [0.2, 0.25) is 0 Å². The van der Waals surface area contributed by atoms with Crippen LogP contribution in [0.3, 0.4) is 0 Å². The summed E-state index contributed by atoms with van der Waals surface area (Å²) in [6, 6.07) is 9.91. The minimum atomic E-state index is -1.80. The molecule has 3 aliphatic rings. The van der Waals surface area contributed by atoms with E-state index in [9.17, 15) is 28.8 Å². The number of ether oxygens (including phenoxy) is 4. The summed E-state index contributed by atoms with van der Waals surface area (Å²) in [5, 5.41) is -0.361. The van der Waals surface area contributed by atoms with Crippen molar-refractivity contribution in [1.82, 2.24) is 5.06 Å². The van der Waals surface area contributed by atoms with Gasteiger partial charge >= 0.3 is 23.9 Å². The molecule has 0 N–H and O–H groups in total. The monoisotopic (exact) mass is 625 g/mol. The highest BCUT2D eigenvalue weighted by Gasteiger charge is 2.55. The average Bonchev–Trinajstić information content (AvgIpc) is 3.40. The first-order valence-electron chi connectivity index (χ1n) is 12.6. The standard InChI is InChI=1S/C29H17Cl2NO11/c1-12(33)39-14-3-5-17-20(9-14)41-21-10-15(40-13(2)34)4-6-18(21)29(17)19-11-16(25(30)26(31)24(19)28(38)42-29)27(37)43-32-22(35)7-8-23(32)36/h3-6,9-11H,7-8H2,1-2H3. The summed E-state index contributed by atoms with van der Waals surface area (Å²) >= 11 is 13.0. The van der Waals surface area contributed by atoms with E-state index < -0.39 is 41.3 Å². The van der Waals surface area contributed by atoms with Gasteiger partial charge in [-0.2, -0.15) is 0 Å². The second kappa shape index (κ2) is 10.1. The number of halogens is 2. The van der Waals surface area contributed by atoms with Crippen LogP contribution < -0.4 is 14.2 Å². The number of hydrogen-bond acceptors (Lipinski definition) is 11. The zero-order valence-corrected chi connectivity index (χ0v) is 23.7. The van der Waals surface area contributed by atoms with Gasteiger partial charge in [0.1, 0.15) is 23.0 Å². The number of amides is 2. The SMILES string of the molecule is CC(=O)Oc1ccc2c(c1)Oc1cc(OC(C)=O)ccc1C21OC(=O)c2c1cc(C(=O)ON1C(=O)CCC1=O)c(Cl)c2Cl. The molecule has 218 valence electrons. The quantitative estimate of drug-likeness (QED) is 0.226. The average molecular weight is 626 g/mol. The topological polar surface area (TPSA) is 152 Å². The molecule has 0 aromatic heterocycles. The number of imide groups is 1. The van der Waals surface area contributed by atoms with Crippen molar-refractivity contribution in [2.24, 2.45) is 0 Å². The number of nitrogens with zero attached hydrogens (tertiary/aromatic N) is 1. The number of esters is 3. The zero-order chi connectivity index (χ0) is 30.8. The Kier molecular flexibility index (Phi) is 6.62. The number of rotatable bonds is 4. The summed E-state index contributed by atoms with van der Waals surface area (Å²) in [7, 11) is 0. The Labute approximate surface area is 251 Å². The summed E-state index contributed by atoms with van der Waals surface area (Å²) in [6.45, 7) is 2.43. The van der Waals surface area contributed by atoms with Gasteiger partial charge in [0, 0.05) is 55.5 Å². The Morgan fingerprint density at radius 3 is 1.84 bits per heavy atom. The van der Waals surface area contributed by atoms with Crippen LogP contribution in [0.25, 0.3) is 0 Å². The van der Waals surface area contributed by atoms with Gasteiger partial charge in [-0.3, -0.25) is 19.2 Å². The molecule has 14 heteroatoms. The number of fused-ring (bicyclic) bond motifs is 6. The molecule has 0 bridgehead atoms. The van der Waals surface area contributed by atoms with Crippen LogP contribution in [-0.2, 0) is 34.4 Å². The maximum absolute atomic E-state index is 13.4. The van der Waals surface area contributed by atoms with Crippen LogP contribution in [0.1, 0.15) is 64.1 Å². The highest BCUT2D eigenvalue weighted by Crippen LogP contribution is 2.58. The van der Waals surface area contributed by atoms with E-state index in [0.717, 1.165) is 0 Å². The van der Waals surface area contributed by atoms with Crippen molar-refractivity contribution in [2.75, 3.05) is 0 Å². The van der Waals surface area contributed by atoms with Crippen LogP contribution in [0.5, 0.6) is 23.0 Å². The summed E-state index contributed by atoms with van der Waals surface area (Å²) in [5.74, 6) is -4.28. The predicted molar refractivity (Wildman–Crippen MR) is 144 cm³/mol. The molecule has 3 aromatic rings. The van der Waals surface area contributed by atoms with Crippen molar-refractivity contribution in [2.45, 2.75) is 32.3 Å². The van der Waals surface area contributed by atoms with E-state index in [4.69, 9.17) is 47.0 Å². The number of benzene rings is 3. The van der Waals surface area contributed by atoms with E-state index in [-0.39, 0.29) is 73.7 Å². The molecule has 0 aliphatic carbocycles. The molecule has 12 nitrogen and oxygen atoms in total. The molecule has 0 radical (unpaired) electrons. The van der Waals surface area contributed by atoms with Crippen LogP contribution in [0.15, 0.2) is 42.5 Å². The smallest absolute Gasteiger partial charge is 0.365 e. The molecule has 0 unspecified atom stereocenters. The molecular formula is C29H17Cl2NO11. The van der Waals surface area contributed by atoms with Crippen LogP contribution in [0, 0.1) is 0 Å². The lowest BCUT2D eigenvalue weighted by molar-refractivity contribution is -0.172. The van der Waals surface area contributed by atoms with Crippen LogP contribution in [-0.4, -0.2) is 40.8 Å². The van der Waals surface area contributed by atoms with E-state index in [2.05, 4.69) is 0 Å². The van der Waals surface area contributed by atoms with E-state index in [0.29, 0.717) is 5.06 Å². The minimum Gasteiger partial charge on any atom is -0.456 e. The van der Waals surface area contributed by atoms with Gasteiger partial charge < -0.3 is 23.8 Å². The molecule has 3 aliphatic heterocycles. The molecule has 0 atom stereocenters. The first-order chi connectivity index (χ1) is 20.4. The van der Waals surface area contributed by atoms with E-state index in [1.165, 1.54) is 56.3 Å². The fraction of sp³-hybridized carbons (Fsp3) is 0.172. The number of carbonyl (C=O) groups excluding carboxylic acids is 6. The predicted octanol–water partition coefficient (Wildman–Crippen LogP) is 4.63. The van der Waals surface area contributed by atoms with Gasteiger partial charge in [-0.05, 0) is 30.3 Å². The Morgan fingerprint density at radius 1 is 0.791 bits per heavy atom. The van der Waals surface area contributed by atoms with Crippen molar-refractivity contribution in [1.29, 1.82) is 0 Å². The Bertz CT molecular complexity index is 1750. The van der Waals surface area contributed by atoms with Gasteiger partial charge in [-0.15, -0.1) is 5.06 Å².